The fourth-order valence-electron chi connectivity index (χ4n) is 3.59. The number of benzene rings is 1. The number of para-hydroxylation sites is 1. The molecule has 0 spiro atoms. The average Bonchev–Trinajstić information content (AvgIpc) is 2.88. The molecule has 0 atom stereocenters. The van der Waals surface area contributed by atoms with Crippen molar-refractivity contribution in [1.82, 2.24) is 14.5 Å². The molecule has 4 heteroatoms. The van der Waals surface area contributed by atoms with E-state index in [2.05, 4.69) is 45.8 Å². The Bertz CT molecular complexity index is 836. The van der Waals surface area contributed by atoms with Gasteiger partial charge in [-0.15, -0.1) is 0 Å². The van der Waals surface area contributed by atoms with Gasteiger partial charge >= 0.3 is 0 Å². The van der Waals surface area contributed by atoms with Gasteiger partial charge in [-0.3, -0.25) is 0 Å². The van der Waals surface area contributed by atoms with Gasteiger partial charge in [-0.25, -0.2) is 4.98 Å². The maximum absolute atomic E-state index is 12.9. The standard InChI is InChI=1S/C19H20FN3/c1-22-10-9-18-16(13-22)15-4-2-3-5-17(15)23(18)11-8-14-6-7-19(20)21-12-14/h2-7,12H,8-11,13H2,1H3. The van der Waals surface area contributed by atoms with Crippen LogP contribution in [-0.4, -0.2) is 28.0 Å². The second-order valence-electron chi connectivity index (χ2n) is 6.32. The van der Waals surface area contributed by atoms with Crippen LogP contribution < -0.4 is 0 Å². The quantitative estimate of drug-likeness (QED) is 0.691. The van der Waals surface area contributed by atoms with Gasteiger partial charge in [0.05, 0.1) is 0 Å². The number of fused-ring (bicyclic) bond motifs is 3. The molecule has 3 heterocycles. The lowest BCUT2D eigenvalue weighted by Gasteiger charge is -2.24. The van der Waals surface area contributed by atoms with Crippen LogP contribution in [0.5, 0.6) is 0 Å². The van der Waals surface area contributed by atoms with Crippen molar-refractivity contribution < 1.29 is 4.39 Å². The van der Waals surface area contributed by atoms with E-state index in [1.54, 1.807) is 6.20 Å². The molecular formula is C19H20FN3. The number of hydrogen-bond acceptors (Lipinski definition) is 2. The Balaban J connectivity index is 1.70. The summed E-state index contributed by atoms with van der Waals surface area (Å²) in [4.78, 5) is 6.13. The SMILES string of the molecule is CN1CCc2c(c3ccccc3n2CCc2ccc(F)nc2)C1. The first-order valence-electron chi connectivity index (χ1n) is 8.10. The Hall–Kier alpha value is -2.20. The Morgan fingerprint density at radius 3 is 2.87 bits per heavy atom. The predicted octanol–water partition coefficient (Wildman–Crippen LogP) is 3.41. The molecule has 118 valence electrons. The van der Waals surface area contributed by atoms with Crippen LogP contribution in [0, 0.1) is 5.95 Å². The molecule has 1 aliphatic heterocycles. The van der Waals surface area contributed by atoms with E-state index < -0.39 is 5.95 Å². The summed E-state index contributed by atoms with van der Waals surface area (Å²) >= 11 is 0. The molecule has 0 radical (unpaired) electrons. The summed E-state index contributed by atoms with van der Waals surface area (Å²) in [6.07, 6.45) is 3.59. The number of hydrogen-bond donors (Lipinski definition) is 0. The monoisotopic (exact) mass is 309 g/mol. The highest BCUT2D eigenvalue weighted by atomic mass is 19.1. The lowest BCUT2D eigenvalue weighted by Crippen LogP contribution is -2.27. The molecule has 0 unspecified atom stereocenters. The summed E-state index contributed by atoms with van der Waals surface area (Å²) in [7, 11) is 2.18. The van der Waals surface area contributed by atoms with Crippen LogP contribution in [0.3, 0.4) is 0 Å². The lowest BCUT2D eigenvalue weighted by atomic mass is 10.1. The van der Waals surface area contributed by atoms with Crippen LogP contribution >= 0.6 is 0 Å². The first kappa shape index (κ1) is 14.4. The highest BCUT2D eigenvalue weighted by Gasteiger charge is 2.21. The highest BCUT2D eigenvalue weighted by molar-refractivity contribution is 5.85. The molecule has 23 heavy (non-hydrogen) atoms. The Morgan fingerprint density at radius 2 is 2.04 bits per heavy atom. The fraction of sp³-hybridized carbons (Fsp3) is 0.316. The molecule has 2 aromatic heterocycles. The molecule has 0 aliphatic carbocycles. The molecule has 0 bridgehead atoms. The number of aromatic nitrogens is 2. The number of pyridine rings is 1. The predicted molar refractivity (Wildman–Crippen MR) is 89.9 cm³/mol. The van der Waals surface area contributed by atoms with E-state index in [0.717, 1.165) is 38.0 Å². The van der Waals surface area contributed by atoms with Crippen LogP contribution in [0.4, 0.5) is 4.39 Å². The molecular weight excluding hydrogens is 289 g/mol. The van der Waals surface area contributed by atoms with E-state index in [-0.39, 0.29) is 0 Å². The van der Waals surface area contributed by atoms with Crippen molar-refractivity contribution in [3.05, 3.63) is 65.4 Å². The summed E-state index contributed by atoms with van der Waals surface area (Å²) in [5, 5.41) is 1.37. The average molecular weight is 309 g/mol. The van der Waals surface area contributed by atoms with Crippen molar-refractivity contribution in [3.8, 4) is 0 Å². The third-order valence-electron chi connectivity index (χ3n) is 4.77. The maximum atomic E-state index is 12.9. The second kappa shape index (κ2) is 5.78. The minimum atomic E-state index is -0.416. The first-order chi connectivity index (χ1) is 11.2. The van der Waals surface area contributed by atoms with Gasteiger partial charge < -0.3 is 9.47 Å². The molecule has 3 aromatic rings. The van der Waals surface area contributed by atoms with Crippen molar-refractivity contribution in [2.75, 3.05) is 13.6 Å². The number of rotatable bonds is 3. The van der Waals surface area contributed by atoms with Gasteiger partial charge in [0.15, 0.2) is 0 Å². The Kier molecular flexibility index (Phi) is 3.62. The molecule has 0 N–H and O–H groups in total. The fourth-order valence-corrected chi connectivity index (χ4v) is 3.59. The normalized spacial score (nSPS) is 15.0. The molecule has 0 amide bonds. The lowest BCUT2D eigenvalue weighted by molar-refractivity contribution is 0.309. The molecule has 1 aliphatic rings. The molecule has 1 aromatic carbocycles. The van der Waals surface area contributed by atoms with Gasteiger partial charge in [-0.1, -0.05) is 24.3 Å². The number of nitrogens with zero attached hydrogens (tertiary/aromatic N) is 3. The van der Waals surface area contributed by atoms with Crippen molar-refractivity contribution in [3.63, 3.8) is 0 Å². The molecule has 0 saturated heterocycles. The smallest absolute Gasteiger partial charge is 0.212 e. The van der Waals surface area contributed by atoms with E-state index in [4.69, 9.17) is 0 Å². The van der Waals surface area contributed by atoms with Crippen molar-refractivity contribution in [2.24, 2.45) is 0 Å². The Labute approximate surface area is 135 Å². The van der Waals surface area contributed by atoms with Gasteiger partial charge in [0.1, 0.15) is 0 Å². The molecule has 0 fully saturated rings. The molecule has 0 saturated carbocycles. The summed E-state index contributed by atoms with van der Waals surface area (Å²) in [6.45, 7) is 3.02. The van der Waals surface area contributed by atoms with Gasteiger partial charge in [0, 0.05) is 48.8 Å². The zero-order valence-corrected chi connectivity index (χ0v) is 13.3. The van der Waals surface area contributed by atoms with E-state index >= 15 is 0 Å². The zero-order chi connectivity index (χ0) is 15.8. The molecule has 4 rings (SSSR count). The largest absolute Gasteiger partial charge is 0.344 e. The Morgan fingerprint density at radius 1 is 1.17 bits per heavy atom. The van der Waals surface area contributed by atoms with E-state index in [1.165, 1.54) is 28.2 Å². The summed E-state index contributed by atoms with van der Waals surface area (Å²) < 4.78 is 15.4. The molecule has 3 nitrogen and oxygen atoms in total. The summed E-state index contributed by atoms with van der Waals surface area (Å²) in [5.41, 5.74) is 5.31. The van der Waals surface area contributed by atoms with Crippen LogP contribution in [0.25, 0.3) is 10.9 Å². The summed E-state index contributed by atoms with van der Waals surface area (Å²) in [6, 6.07) is 11.9. The maximum Gasteiger partial charge on any atom is 0.212 e. The van der Waals surface area contributed by atoms with Crippen LogP contribution in [0.2, 0.25) is 0 Å². The van der Waals surface area contributed by atoms with Gasteiger partial charge in [0.2, 0.25) is 5.95 Å². The van der Waals surface area contributed by atoms with Crippen molar-refractivity contribution in [2.45, 2.75) is 25.9 Å². The third-order valence-corrected chi connectivity index (χ3v) is 4.77. The van der Waals surface area contributed by atoms with Gasteiger partial charge in [-0.2, -0.15) is 4.39 Å². The van der Waals surface area contributed by atoms with Gasteiger partial charge in [0.25, 0.3) is 0 Å². The topological polar surface area (TPSA) is 21.1 Å². The van der Waals surface area contributed by atoms with Gasteiger partial charge in [-0.05, 0) is 36.7 Å². The minimum Gasteiger partial charge on any atom is -0.344 e. The van der Waals surface area contributed by atoms with Crippen molar-refractivity contribution in [1.29, 1.82) is 0 Å². The second-order valence-corrected chi connectivity index (χ2v) is 6.32. The first-order valence-corrected chi connectivity index (χ1v) is 8.10. The zero-order valence-electron chi connectivity index (χ0n) is 13.3. The van der Waals surface area contributed by atoms with E-state index in [0.29, 0.717) is 0 Å². The highest BCUT2D eigenvalue weighted by Crippen LogP contribution is 2.30. The van der Waals surface area contributed by atoms with Crippen molar-refractivity contribution >= 4 is 10.9 Å². The number of likely N-dealkylation sites (N-methyl/N-ethyl adjacent to an activating group) is 1. The van der Waals surface area contributed by atoms with Crippen LogP contribution in [0.15, 0.2) is 42.6 Å². The number of aryl methyl sites for hydroxylation is 2. The van der Waals surface area contributed by atoms with E-state index in [9.17, 15) is 4.39 Å². The minimum absolute atomic E-state index is 0.416. The van der Waals surface area contributed by atoms with Crippen LogP contribution in [0.1, 0.15) is 16.8 Å². The van der Waals surface area contributed by atoms with Crippen LogP contribution in [-0.2, 0) is 25.9 Å². The van der Waals surface area contributed by atoms with E-state index in [1.807, 2.05) is 6.07 Å². The summed E-state index contributed by atoms with van der Waals surface area (Å²) in [5.74, 6) is -0.416. The number of halogens is 1. The third kappa shape index (κ3) is 2.63.